The van der Waals surface area contributed by atoms with Gasteiger partial charge in [0.25, 0.3) is 5.92 Å². The molecule has 3 atom stereocenters. The number of carboxylic acid groups (broad SMARTS) is 1. The lowest BCUT2D eigenvalue weighted by atomic mass is 9.77. The number of aromatic nitrogens is 5. The number of alkyl halides is 8. The molecule has 8 rings (SSSR count). The van der Waals surface area contributed by atoms with Crippen LogP contribution in [0.4, 0.5) is 49.7 Å². The summed E-state index contributed by atoms with van der Waals surface area (Å²) in [6.07, 6.45) is -14.5. The number of nitrogens with zero attached hydrogens (tertiary/aromatic N) is 6. The number of allylic oxidation sites excluding steroid dienone is 1. The third kappa shape index (κ3) is 13.5. The number of sulfone groups is 1. The fourth-order valence-electron chi connectivity index (χ4n) is 10.8. The smallest absolute Gasteiger partial charge is 0.478 e. The van der Waals surface area contributed by atoms with E-state index in [0.717, 1.165) is 50.4 Å². The molecule has 88 heavy (non-hydrogen) atoms. The lowest BCUT2D eigenvalue weighted by Crippen LogP contribution is -2.40. The summed E-state index contributed by atoms with van der Waals surface area (Å²) in [6, 6.07) is 5.66. The maximum atomic E-state index is 15.9. The zero-order chi connectivity index (χ0) is 65.9. The molecule has 2 aliphatic carbocycles. The van der Waals surface area contributed by atoms with Gasteiger partial charge in [0.1, 0.15) is 36.2 Å². The molecule has 0 spiro atoms. The van der Waals surface area contributed by atoms with E-state index in [1.165, 1.54) is 19.9 Å². The van der Waals surface area contributed by atoms with E-state index >= 15 is 17.6 Å². The number of carbonyl (C=O) groups excluding carboxylic acids is 2. The summed E-state index contributed by atoms with van der Waals surface area (Å²) in [5.74, 6) is -16.7. The highest BCUT2D eigenvalue weighted by molar-refractivity contribution is 7.93. The SMILES string of the molecule is C=C1[C@@H]2c3c(C(F)(F)F)nn(CC(=O)N[C@@H](Cc4cc(F)cc(F)c4)c4nc(CCC(C)(C)S(C)(=O)=O)ccc4-c4ccc(Cl)c5c(N(C(=O)CC(C)(C)c6c(OP(=O)(O)O)cc(C(=O)O)cc6C(O)O)S(C)(=O)=O)nn(CC(F)(F)F)c45)c3C(F)(F)[C@H]12. The Morgan fingerprint density at radius 3 is 2.07 bits per heavy atom. The minimum absolute atomic E-state index is 0.0473. The van der Waals surface area contributed by atoms with Crippen LogP contribution < -0.4 is 14.1 Å². The number of aliphatic hydroxyl groups is 2. The van der Waals surface area contributed by atoms with Crippen molar-refractivity contribution >= 4 is 73.8 Å². The van der Waals surface area contributed by atoms with Crippen molar-refractivity contribution in [3.05, 3.63) is 134 Å². The number of aromatic carboxylic acids is 1. The molecule has 476 valence electrons. The van der Waals surface area contributed by atoms with Gasteiger partial charge in [0.05, 0.1) is 50.1 Å². The number of amides is 2. The largest absolute Gasteiger partial charge is 0.524 e. The highest BCUT2D eigenvalue weighted by Gasteiger charge is 2.71. The van der Waals surface area contributed by atoms with Crippen LogP contribution in [0.3, 0.4) is 0 Å². The number of anilines is 1. The highest BCUT2D eigenvalue weighted by Crippen LogP contribution is 2.71. The number of aliphatic hydroxyl groups excluding tert-OH is 1. The Labute approximate surface area is 497 Å². The molecule has 3 aromatic carbocycles. The number of phosphoric acid groups is 1. The molecule has 1 fully saturated rings. The molecule has 1 saturated carbocycles. The first-order chi connectivity index (χ1) is 40.1. The third-order valence-corrected chi connectivity index (χ3v) is 18.9. The van der Waals surface area contributed by atoms with Crippen molar-refractivity contribution < 1.29 is 109 Å². The van der Waals surface area contributed by atoms with Crippen LogP contribution in [0.1, 0.15) is 114 Å². The van der Waals surface area contributed by atoms with E-state index in [-0.39, 0.29) is 48.9 Å². The van der Waals surface area contributed by atoms with Crippen molar-refractivity contribution in [2.75, 3.05) is 16.8 Å². The van der Waals surface area contributed by atoms with Crippen LogP contribution in [-0.2, 0) is 77.5 Å². The fraction of sp³-hybridized carbons (Fsp3) is 0.396. The molecule has 6 N–H and O–H groups in total. The van der Waals surface area contributed by atoms with Crippen LogP contribution in [0.25, 0.3) is 22.0 Å². The second-order valence-electron chi connectivity index (χ2n) is 22.4. The summed E-state index contributed by atoms with van der Waals surface area (Å²) >= 11 is 6.76. The number of pyridine rings is 1. The van der Waals surface area contributed by atoms with E-state index in [1.54, 1.807) is 0 Å². The van der Waals surface area contributed by atoms with Crippen molar-refractivity contribution in [2.45, 2.75) is 113 Å². The topological polar surface area (TPSA) is 311 Å². The second kappa shape index (κ2) is 22.8. The van der Waals surface area contributed by atoms with Crippen molar-refractivity contribution in [3.8, 4) is 16.9 Å². The Morgan fingerprint density at radius 2 is 1.52 bits per heavy atom. The summed E-state index contributed by atoms with van der Waals surface area (Å²) in [7, 11) is -14.7. The predicted molar refractivity (Wildman–Crippen MR) is 292 cm³/mol. The standard InChI is InChI=1S/C53H51ClF10N7O14PS2/c1-23-37-39-44(53(62,63)64)67-69(45(39)52(60,61)40(23)37)21-35(72)66-33(16-24-14-26(55)19-27(56)15-24)42-29(9-8-28(65-42)12-13-50(4,5)87(6,81)82)30-10-11-32(54)38-43(30)70(22-51(57,58)59)68-46(38)71(88(7,83)84)36(73)20-49(2,3)41-31(48(76)77)17-25(47(74)75)18-34(41)85-86(78,79)80/h8-11,14-15,17-19,33,37,40,48,76-77H,1,12-13,16,20-22H2,2-7H3,(H,66,72)(H,74,75)(H2,78,79,80)/t33-,37+,40+/m0/s1. The van der Waals surface area contributed by atoms with Crippen molar-refractivity contribution in [1.29, 1.82) is 0 Å². The van der Waals surface area contributed by atoms with Crippen molar-refractivity contribution in [2.24, 2.45) is 5.92 Å². The monoisotopic (exact) mass is 1330 g/mol. The number of nitrogens with one attached hydrogen (secondary N) is 1. The Hall–Kier alpha value is -7.00. The number of benzene rings is 3. The minimum atomic E-state index is -5.69. The Bertz CT molecular complexity index is 4170. The van der Waals surface area contributed by atoms with E-state index in [4.69, 9.17) is 16.1 Å². The molecule has 35 heteroatoms. The average molecular weight is 1330 g/mol. The summed E-state index contributed by atoms with van der Waals surface area (Å²) in [5.41, 5.74) is -11.2. The van der Waals surface area contributed by atoms with Gasteiger partial charge in [-0.05, 0) is 75.1 Å². The van der Waals surface area contributed by atoms with Crippen molar-refractivity contribution in [3.63, 3.8) is 0 Å². The summed E-state index contributed by atoms with van der Waals surface area (Å²) in [6.45, 7) is 4.76. The number of rotatable bonds is 21. The molecule has 0 bridgehead atoms. The second-order valence-corrected chi connectivity index (χ2v) is 28.4. The number of fused-ring (bicyclic) bond motifs is 4. The number of sulfonamides is 1. The number of halogens is 11. The van der Waals surface area contributed by atoms with E-state index in [9.17, 15) is 87.2 Å². The van der Waals surface area contributed by atoms with Gasteiger partial charge >= 0.3 is 26.1 Å². The molecule has 21 nitrogen and oxygen atoms in total. The van der Waals surface area contributed by atoms with Gasteiger partial charge in [0.15, 0.2) is 27.6 Å². The van der Waals surface area contributed by atoms with Crippen LogP contribution in [0, 0.1) is 17.6 Å². The quantitative estimate of drug-likeness (QED) is 0.0170. The first kappa shape index (κ1) is 66.9. The molecule has 0 saturated heterocycles. The molecule has 6 aromatic rings. The zero-order valence-electron chi connectivity index (χ0n) is 46.5. The van der Waals surface area contributed by atoms with Gasteiger partial charge < -0.3 is 25.2 Å². The lowest BCUT2D eigenvalue weighted by molar-refractivity contribution is -0.143. The minimum Gasteiger partial charge on any atom is -0.478 e. The van der Waals surface area contributed by atoms with Gasteiger partial charge in [-0.2, -0.15) is 49.6 Å². The first-order valence-electron chi connectivity index (χ1n) is 25.6. The lowest BCUT2D eigenvalue weighted by Gasteiger charge is -2.32. The average Bonchev–Trinajstić information content (AvgIpc) is 1.50. The maximum Gasteiger partial charge on any atom is 0.524 e. The summed E-state index contributed by atoms with van der Waals surface area (Å²) in [4.78, 5) is 65.5. The maximum absolute atomic E-state index is 15.9. The van der Waals surface area contributed by atoms with Gasteiger partial charge in [0, 0.05) is 63.6 Å². The summed E-state index contributed by atoms with van der Waals surface area (Å²) < 4.78 is 219. The number of carbonyl (C=O) groups is 3. The molecule has 2 amide bonds. The normalized spacial score (nSPS) is 16.6. The Morgan fingerprint density at radius 1 is 0.909 bits per heavy atom. The van der Waals surface area contributed by atoms with Crippen molar-refractivity contribution in [1.82, 2.24) is 29.9 Å². The molecule has 0 radical (unpaired) electrons. The van der Waals surface area contributed by atoms with Crippen LogP contribution in [0.5, 0.6) is 5.75 Å². The molecular weight excluding hydrogens is 1280 g/mol. The van der Waals surface area contributed by atoms with Gasteiger partial charge in [-0.3, -0.25) is 33.7 Å². The Balaban J connectivity index is 1.35. The van der Waals surface area contributed by atoms with E-state index in [0.29, 0.717) is 24.5 Å². The van der Waals surface area contributed by atoms with Crippen LogP contribution >= 0.6 is 19.4 Å². The van der Waals surface area contributed by atoms with E-state index in [2.05, 4.69) is 27.1 Å². The predicted octanol–water partition coefficient (Wildman–Crippen LogP) is 8.85. The van der Waals surface area contributed by atoms with E-state index < -0.39 is 208 Å². The van der Waals surface area contributed by atoms with Gasteiger partial charge in [-0.25, -0.2) is 35.0 Å². The zero-order valence-corrected chi connectivity index (χ0v) is 49.8. The van der Waals surface area contributed by atoms with Crippen LogP contribution in [0.15, 0.2) is 66.7 Å². The highest BCUT2D eigenvalue weighted by atomic mass is 35.5. The molecule has 3 aromatic heterocycles. The molecule has 0 aliphatic heterocycles. The third-order valence-electron chi connectivity index (χ3n) is 14.9. The molecule has 0 unspecified atom stereocenters. The first-order valence-corrected chi connectivity index (χ1v) is 31.3. The number of phosphoric ester groups is 1. The number of hydrogen-bond acceptors (Lipinski definition) is 14. The van der Waals surface area contributed by atoms with Gasteiger partial charge in [-0.15, -0.1) is 0 Å². The number of hydrogen-bond donors (Lipinski definition) is 6. The van der Waals surface area contributed by atoms with E-state index in [1.807, 2.05) is 0 Å². The van der Waals surface area contributed by atoms with Gasteiger partial charge in [0.2, 0.25) is 21.8 Å². The van der Waals surface area contributed by atoms with Gasteiger partial charge in [-0.1, -0.05) is 49.7 Å². The molecule has 3 heterocycles. The molecule has 2 aliphatic rings. The molecular formula is C53H51ClF10N7O14PS2. The summed E-state index contributed by atoms with van der Waals surface area (Å²) in [5, 5.41) is 38.9. The Kier molecular flexibility index (Phi) is 17.3. The fourth-order valence-corrected chi connectivity index (χ4v) is 12.8. The van der Waals surface area contributed by atoms with Crippen LogP contribution in [0.2, 0.25) is 5.02 Å². The number of carboxylic acids is 1. The van der Waals surface area contributed by atoms with Crippen LogP contribution in [-0.4, -0.2) is 108 Å². The number of aryl methyl sites for hydroxylation is 1.